The zero-order valence-corrected chi connectivity index (χ0v) is 25.0. The molecular weight excluding hydrogens is 577 g/mol. The van der Waals surface area contributed by atoms with Crippen molar-refractivity contribution in [3.05, 3.63) is 107 Å². The first-order chi connectivity index (χ1) is 21.1. The van der Waals surface area contributed by atoms with Gasteiger partial charge in [0.2, 0.25) is 0 Å². The SMILES string of the molecule is C.CCCC1CCN(c2ccc(CNC(=O)c3cc(NC(=O)c4ccccc4-c4ccc(C(F)(F)F)cc4)cn3C)cc2)CC1. The monoisotopic (exact) mass is 618 g/mol. The van der Waals surface area contributed by atoms with E-state index in [1.807, 2.05) is 12.1 Å². The molecule has 1 aliphatic heterocycles. The van der Waals surface area contributed by atoms with Gasteiger partial charge in [0, 0.05) is 44.1 Å². The summed E-state index contributed by atoms with van der Waals surface area (Å²) in [5.74, 6) is 0.119. The predicted octanol–water partition coefficient (Wildman–Crippen LogP) is 8.55. The van der Waals surface area contributed by atoms with Gasteiger partial charge in [-0.2, -0.15) is 13.2 Å². The maximum Gasteiger partial charge on any atom is 0.416 e. The van der Waals surface area contributed by atoms with E-state index in [1.54, 1.807) is 48.1 Å². The van der Waals surface area contributed by atoms with Crippen LogP contribution in [0.5, 0.6) is 0 Å². The van der Waals surface area contributed by atoms with Crippen LogP contribution in [0.2, 0.25) is 0 Å². The summed E-state index contributed by atoms with van der Waals surface area (Å²) in [7, 11) is 1.72. The Morgan fingerprint density at radius 2 is 1.58 bits per heavy atom. The van der Waals surface area contributed by atoms with Crippen LogP contribution in [0.1, 0.15) is 72.0 Å². The van der Waals surface area contributed by atoms with Gasteiger partial charge >= 0.3 is 6.18 Å². The molecule has 1 aliphatic rings. The molecule has 238 valence electrons. The van der Waals surface area contributed by atoms with Crippen LogP contribution in [0.15, 0.2) is 85.1 Å². The lowest BCUT2D eigenvalue weighted by Crippen LogP contribution is -2.33. The van der Waals surface area contributed by atoms with Gasteiger partial charge in [0.05, 0.1) is 11.3 Å². The average molecular weight is 619 g/mol. The molecule has 6 nitrogen and oxygen atoms in total. The number of anilines is 2. The minimum atomic E-state index is -4.44. The number of aromatic nitrogens is 1. The number of hydrogen-bond donors (Lipinski definition) is 2. The molecule has 4 aromatic rings. The van der Waals surface area contributed by atoms with E-state index in [4.69, 9.17) is 0 Å². The second-order valence-electron chi connectivity index (χ2n) is 11.4. The van der Waals surface area contributed by atoms with E-state index in [-0.39, 0.29) is 13.3 Å². The average Bonchev–Trinajstić information content (AvgIpc) is 3.40. The third-order valence-electron chi connectivity index (χ3n) is 8.26. The number of rotatable bonds is 9. The molecular formula is C36H41F3N4O2. The smallest absolute Gasteiger partial charge is 0.372 e. The lowest BCUT2D eigenvalue weighted by molar-refractivity contribution is -0.137. The molecule has 3 aromatic carbocycles. The molecule has 0 bridgehead atoms. The summed E-state index contributed by atoms with van der Waals surface area (Å²) >= 11 is 0. The highest BCUT2D eigenvalue weighted by Gasteiger charge is 2.30. The molecule has 9 heteroatoms. The highest BCUT2D eigenvalue weighted by Crippen LogP contribution is 2.32. The summed E-state index contributed by atoms with van der Waals surface area (Å²) in [4.78, 5) is 28.7. The molecule has 0 radical (unpaired) electrons. The summed E-state index contributed by atoms with van der Waals surface area (Å²) in [6, 6.07) is 21.3. The van der Waals surface area contributed by atoms with Crippen molar-refractivity contribution in [3.63, 3.8) is 0 Å². The van der Waals surface area contributed by atoms with E-state index in [0.717, 1.165) is 36.7 Å². The lowest BCUT2D eigenvalue weighted by atomic mass is 9.92. The Morgan fingerprint density at radius 1 is 0.911 bits per heavy atom. The van der Waals surface area contributed by atoms with Crippen molar-refractivity contribution in [2.24, 2.45) is 13.0 Å². The number of hydrogen-bond acceptors (Lipinski definition) is 3. The zero-order valence-electron chi connectivity index (χ0n) is 25.0. The normalized spacial score (nSPS) is 13.7. The Morgan fingerprint density at radius 3 is 2.22 bits per heavy atom. The molecule has 2 heterocycles. The summed E-state index contributed by atoms with van der Waals surface area (Å²) in [6.07, 6.45) is 2.22. The number of halogens is 3. The van der Waals surface area contributed by atoms with Crippen molar-refractivity contribution in [3.8, 4) is 11.1 Å². The van der Waals surface area contributed by atoms with Gasteiger partial charge in [-0.1, -0.05) is 69.7 Å². The summed E-state index contributed by atoms with van der Waals surface area (Å²) in [5.41, 5.74) is 3.54. The zero-order chi connectivity index (χ0) is 31.3. The molecule has 0 saturated carbocycles. The Labute approximate surface area is 263 Å². The Bertz CT molecular complexity index is 1590. The molecule has 1 saturated heterocycles. The van der Waals surface area contributed by atoms with Crippen molar-refractivity contribution < 1.29 is 22.8 Å². The molecule has 0 atom stereocenters. The minimum absolute atomic E-state index is 0. The van der Waals surface area contributed by atoms with E-state index < -0.39 is 17.6 Å². The first-order valence-electron chi connectivity index (χ1n) is 15.0. The number of carbonyl (C=O) groups excluding carboxylic acids is 2. The van der Waals surface area contributed by atoms with Crippen LogP contribution in [0.4, 0.5) is 24.5 Å². The number of nitrogens with one attached hydrogen (secondary N) is 2. The number of carbonyl (C=O) groups is 2. The maximum atomic E-state index is 13.2. The predicted molar refractivity (Wildman–Crippen MR) is 174 cm³/mol. The molecule has 45 heavy (non-hydrogen) atoms. The van der Waals surface area contributed by atoms with Gasteiger partial charge < -0.3 is 20.1 Å². The quantitative estimate of drug-likeness (QED) is 0.198. The Hall–Kier alpha value is -4.53. The number of amides is 2. The van der Waals surface area contributed by atoms with E-state index in [9.17, 15) is 22.8 Å². The second-order valence-corrected chi connectivity index (χ2v) is 11.4. The van der Waals surface area contributed by atoms with Crippen molar-refractivity contribution in [2.45, 2.75) is 52.8 Å². The molecule has 0 unspecified atom stereocenters. The number of aryl methyl sites for hydroxylation is 1. The molecule has 1 fully saturated rings. The first kappa shape index (κ1) is 33.4. The third-order valence-corrected chi connectivity index (χ3v) is 8.26. The fourth-order valence-corrected chi connectivity index (χ4v) is 5.81. The fourth-order valence-electron chi connectivity index (χ4n) is 5.81. The van der Waals surface area contributed by atoms with Crippen molar-refractivity contribution in [1.82, 2.24) is 9.88 Å². The first-order valence-corrected chi connectivity index (χ1v) is 15.0. The molecule has 2 amide bonds. The van der Waals surface area contributed by atoms with Crippen LogP contribution in [0.25, 0.3) is 11.1 Å². The van der Waals surface area contributed by atoms with Gasteiger partial charge in [0.15, 0.2) is 0 Å². The minimum Gasteiger partial charge on any atom is -0.372 e. The van der Waals surface area contributed by atoms with Crippen LogP contribution in [-0.4, -0.2) is 29.5 Å². The molecule has 1 aromatic heterocycles. The largest absolute Gasteiger partial charge is 0.416 e. The van der Waals surface area contributed by atoms with Crippen LogP contribution < -0.4 is 15.5 Å². The lowest BCUT2D eigenvalue weighted by Gasteiger charge is -2.33. The van der Waals surface area contributed by atoms with E-state index in [1.165, 1.54) is 43.5 Å². The van der Waals surface area contributed by atoms with Gasteiger partial charge in [-0.05, 0) is 71.8 Å². The number of piperidine rings is 1. The highest BCUT2D eigenvalue weighted by molar-refractivity contribution is 6.09. The summed E-state index contributed by atoms with van der Waals surface area (Å²) in [6.45, 7) is 4.77. The molecule has 5 rings (SSSR count). The van der Waals surface area contributed by atoms with Crippen LogP contribution in [0, 0.1) is 5.92 Å². The Kier molecular flexibility index (Phi) is 10.8. The van der Waals surface area contributed by atoms with Crippen LogP contribution in [-0.2, 0) is 19.8 Å². The second kappa shape index (κ2) is 14.5. The van der Waals surface area contributed by atoms with E-state index in [0.29, 0.717) is 34.6 Å². The van der Waals surface area contributed by atoms with Crippen LogP contribution in [0.3, 0.4) is 0 Å². The molecule has 0 aliphatic carbocycles. The van der Waals surface area contributed by atoms with Gasteiger partial charge in [-0.15, -0.1) is 0 Å². The summed E-state index contributed by atoms with van der Waals surface area (Å²) in [5, 5.41) is 5.77. The van der Waals surface area contributed by atoms with Crippen molar-refractivity contribution in [2.75, 3.05) is 23.3 Å². The van der Waals surface area contributed by atoms with E-state index in [2.05, 4.69) is 34.6 Å². The fraction of sp³-hybridized carbons (Fsp3) is 0.333. The highest BCUT2D eigenvalue weighted by atomic mass is 19.4. The number of alkyl halides is 3. The van der Waals surface area contributed by atoms with E-state index >= 15 is 0 Å². The topological polar surface area (TPSA) is 66.4 Å². The van der Waals surface area contributed by atoms with Gasteiger partial charge in [0.25, 0.3) is 11.8 Å². The Balaban J connectivity index is 0.00000461. The maximum absolute atomic E-state index is 13.2. The molecule has 2 N–H and O–H groups in total. The van der Waals surface area contributed by atoms with Gasteiger partial charge in [-0.25, -0.2) is 0 Å². The van der Waals surface area contributed by atoms with Crippen LogP contribution >= 0.6 is 0 Å². The number of benzene rings is 3. The van der Waals surface area contributed by atoms with Gasteiger partial charge in [0.1, 0.15) is 5.69 Å². The molecule has 0 spiro atoms. The summed E-state index contributed by atoms with van der Waals surface area (Å²) < 4.78 is 40.7. The third kappa shape index (κ3) is 8.15. The standard InChI is InChI=1S/C35H37F3N4O2.CH4/c1-3-6-24-17-19-42(20-18-24)29-15-9-25(10-16-29)22-39-34(44)32-21-28(23-41(32)2)40-33(43)31-8-5-4-7-30(31)26-11-13-27(14-12-26)35(36,37)38;/h4-5,7-16,21,23-24H,3,6,17-20,22H2,1-2H3,(H,39,44)(H,40,43);1H4. The number of nitrogens with zero attached hydrogens (tertiary/aromatic N) is 2. The van der Waals surface area contributed by atoms with Crippen molar-refractivity contribution >= 4 is 23.2 Å². The van der Waals surface area contributed by atoms with Gasteiger partial charge in [-0.3, -0.25) is 9.59 Å². The van der Waals surface area contributed by atoms with Crippen molar-refractivity contribution in [1.29, 1.82) is 0 Å².